The standard InChI is InChI=1S/C17H25N3O/c1-11(2)5-4-6-12(3)19-17(21)16-10-13-9-14(18)7-8-15(13)20-16/h7-12,20H,4-6,18H2,1-3H3,(H,19,21). The van der Waals surface area contributed by atoms with Gasteiger partial charge in [0.15, 0.2) is 0 Å². The van der Waals surface area contributed by atoms with Crippen LogP contribution in [0.5, 0.6) is 0 Å². The molecule has 1 atom stereocenters. The Bertz CT molecular complexity index is 616. The zero-order chi connectivity index (χ0) is 15.4. The first-order valence-corrected chi connectivity index (χ1v) is 7.65. The maximum absolute atomic E-state index is 12.2. The summed E-state index contributed by atoms with van der Waals surface area (Å²) in [5.74, 6) is 0.661. The van der Waals surface area contributed by atoms with Gasteiger partial charge >= 0.3 is 0 Å². The Labute approximate surface area is 126 Å². The normalized spacial score (nSPS) is 12.8. The van der Waals surface area contributed by atoms with Crippen molar-refractivity contribution in [1.29, 1.82) is 0 Å². The maximum Gasteiger partial charge on any atom is 0.267 e. The van der Waals surface area contributed by atoms with E-state index >= 15 is 0 Å². The number of fused-ring (bicyclic) bond motifs is 1. The van der Waals surface area contributed by atoms with Crippen LogP contribution in [0.1, 0.15) is 50.5 Å². The second-order valence-electron chi connectivity index (χ2n) is 6.23. The highest BCUT2D eigenvalue weighted by Crippen LogP contribution is 2.18. The van der Waals surface area contributed by atoms with E-state index in [2.05, 4.69) is 31.1 Å². The van der Waals surface area contributed by atoms with Crippen molar-refractivity contribution in [3.05, 3.63) is 30.0 Å². The second-order valence-corrected chi connectivity index (χ2v) is 6.23. The molecule has 0 spiro atoms. The lowest BCUT2D eigenvalue weighted by Crippen LogP contribution is -2.32. The van der Waals surface area contributed by atoms with Gasteiger partial charge in [0.25, 0.3) is 5.91 Å². The van der Waals surface area contributed by atoms with E-state index in [0.29, 0.717) is 17.3 Å². The van der Waals surface area contributed by atoms with Crippen molar-refractivity contribution < 1.29 is 4.79 Å². The molecule has 1 unspecified atom stereocenters. The van der Waals surface area contributed by atoms with Crippen molar-refractivity contribution in [2.75, 3.05) is 5.73 Å². The Kier molecular flexibility index (Phi) is 4.89. The first-order valence-electron chi connectivity index (χ1n) is 7.65. The van der Waals surface area contributed by atoms with Crippen molar-refractivity contribution in [2.24, 2.45) is 5.92 Å². The number of hydrogen-bond donors (Lipinski definition) is 3. The minimum atomic E-state index is -0.0539. The first kappa shape index (κ1) is 15.4. The molecule has 0 aliphatic heterocycles. The van der Waals surface area contributed by atoms with Crippen LogP contribution in [0, 0.1) is 5.92 Å². The average Bonchev–Trinajstić information content (AvgIpc) is 2.81. The first-order chi connectivity index (χ1) is 9.95. The van der Waals surface area contributed by atoms with E-state index in [4.69, 9.17) is 5.73 Å². The van der Waals surface area contributed by atoms with Crippen molar-refractivity contribution in [2.45, 2.75) is 46.1 Å². The molecular formula is C17H25N3O. The number of nitrogens with two attached hydrogens (primary N) is 1. The van der Waals surface area contributed by atoms with Crippen LogP contribution in [-0.4, -0.2) is 16.9 Å². The molecule has 2 rings (SSSR count). The van der Waals surface area contributed by atoms with Gasteiger partial charge in [0, 0.05) is 22.6 Å². The summed E-state index contributed by atoms with van der Waals surface area (Å²) >= 11 is 0. The molecule has 21 heavy (non-hydrogen) atoms. The molecule has 114 valence electrons. The summed E-state index contributed by atoms with van der Waals surface area (Å²) in [6.45, 7) is 6.50. The van der Waals surface area contributed by atoms with Gasteiger partial charge in [0.05, 0.1) is 0 Å². The molecular weight excluding hydrogens is 262 g/mol. The Morgan fingerprint density at radius 3 is 2.71 bits per heavy atom. The predicted molar refractivity (Wildman–Crippen MR) is 88.3 cm³/mol. The number of aromatic amines is 1. The second kappa shape index (κ2) is 6.66. The lowest BCUT2D eigenvalue weighted by molar-refractivity contribution is 0.0933. The number of carbonyl (C=O) groups is 1. The van der Waals surface area contributed by atoms with Crippen LogP contribution in [0.15, 0.2) is 24.3 Å². The fraction of sp³-hybridized carbons (Fsp3) is 0.471. The minimum Gasteiger partial charge on any atom is -0.399 e. The quantitative estimate of drug-likeness (QED) is 0.709. The van der Waals surface area contributed by atoms with Crippen LogP contribution in [-0.2, 0) is 0 Å². The molecule has 1 heterocycles. The number of hydrogen-bond acceptors (Lipinski definition) is 2. The van der Waals surface area contributed by atoms with Gasteiger partial charge in [0.2, 0.25) is 0 Å². The molecule has 4 heteroatoms. The Morgan fingerprint density at radius 1 is 1.24 bits per heavy atom. The minimum absolute atomic E-state index is 0.0539. The van der Waals surface area contributed by atoms with Crippen LogP contribution in [0.25, 0.3) is 10.9 Å². The lowest BCUT2D eigenvalue weighted by Gasteiger charge is -2.13. The monoisotopic (exact) mass is 287 g/mol. The molecule has 1 aromatic heterocycles. The summed E-state index contributed by atoms with van der Waals surface area (Å²) < 4.78 is 0. The summed E-state index contributed by atoms with van der Waals surface area (Å²) in [6, 6.07) is 7.63. The summed E-state index contributed by atoms with van der Waals surface area (Å²) in [5.41, 5.74) is 7.98. The fourth-order valence-corrected chi connectivity index (χ4v) is 2.48. The number of aromatic nitrogens is 1. The van der Waals surface area contributed by atoms with E-state index in [1.54, 1.807) is 0 Å². The van der Waals surface area contributed by atoms with E-state index in [-0.39, 0.29) is 11.9 Å². The van der Waals surface area contributed by atoms with Crippen LogP contribution < -0.4 is 11.1 Å². The van der Waals surface area contributed by atoms with Crippen LogP contribution in [0.2, 0.25) is 0 Å². The molecule has 0 bridgehead atoms. The van der Waals surface area contributed by atoms with Crippen molar-refractivity contribution >= 4 is 22.5 Å². The van der Waals surface area contributed by atoms with Gasteiger partial charge in [-0.25, -0.2) is 0 Å². The molecule has 4 N–H and O–H groups in total. The molecule has 2 aromatic rings. The van der Waals surface area contributed by atoms with E-state index in [9.17, 15) is 4.79 Å². The van der Waals surface area contributed by atoms with Gasteiger partial charge in [-0.05, 0) is 43.5 Å². The van der Waals surface area contributed by atoms with Crippen molar-refractivity contribution in [1.82, 2.24) is 10.3 Å². The Balaban J connectivity index is 1.95. The smallest absolute Gasteiger partial charge is 0.267 e. The molecule has 0 saturated heterocycles. The Morgan fingerprint density at radius 2 is 2.00 bits per heavy atom. The molecule has 0 saturated carbocycles. The molecule has 0 aliphatic rings. The van der Waals surface area contributed by atoms with Crippen molar-refractivity contribution in [3.8, 4) is 0 Å². The van der Waals surface area contributed by atoms with Crippen LogP contribution in [0.3, 0.4) is 0 Å². The SMILES string of the molecule is CC(C)CCCC(C)NC(=O)c1cc2cc(N)ccc2[nH]1. The number of rotatable bonds is 6. The summed E-state index contributed by atoms with van der Waals surface area (Å²) in [4.78, 5) is 15.4. The zero-order valence-corrected chi connectivity index (χ0v) is 13.1. The highest BCUT2D eigenvalue weighted by molar-refractivity contribution is 5.98. The highest BCUT2D eigenvalue weighted by Gasteiger charge is 2.12. The number of H-pyrrole nitrogens is 1. The molecule has 1 aromatic carbocycles. The number of nitrogens with one attached hydrogen (secondary N) is 2. The van der Waals surface area contributed by atoms with Crippen LogP contribution >= 0.6 is 0 Å². The van der Waals surface area contributed by atoms with Crippen molar-refractivity contribution in [3.63, 3.8) is 0 Å². The number of nitrogen functional groups attached to an aromatic ring is 1. The van der Waals surface area contributed by atoms with Gasteiger partial charge in [0.1, 0.15) is 5.69 Å². The number of benzene rings is 1. The lowest BCUT2D eigenvalue weighted by atomic mass is 10.0. The third-order valence-corrected chi connectivity index (χ3v) is 3.69. The van der Waals surface area contributed by atoms with E-state index in [0.717, 1.165) is 23.7 Å². The summed E-state index contributed by atoms with van der Waals surface area (Å²) in [6.07, 6.45) is 3.35. The molecule has 0 radical (unpaired) electrons. The number of carbonyl (C=O) groups excluding carboxylic acids is 1. The van der Waals surface area contributed by atoms with Crippen LogP contribution in [0.4, 0.5) is 5.69 Å². The maximum atomic E-state index is 12.2. The number of amides is 1. The topological polar surface area (TPSA) is 70.9 Å². The molecule has 0 aliphatic carbocycles. The molecule has 4 nitrogen and oxygen atoms in total. The third-order valence-electron chi connectivity index (χ3n) is 3.69. The van der Waals surface area contributed by atoms with Gasteiger partial charge in [-0.1, -0.05) is 26.7 Å². The Hall–Kier alpha value is -1.97. The third kappa shape index (κ3) is 4.25. The predicted octanol–water partition coefficient (Wildman–Crippen LogP) is 3.69. The van der Waals surface area contributed by atoms with Gasteiger partial charge < -0.3 is 16.0 Å². The molecule has 0 fully saturated rings. The summed E-state index contributed by atoms with van der Waals surface area (Å²) in [5, 5.41) is 4.01. The van der Waals surface area contributed by atoms with E-state index in [1.807, 2.05) is 24.3 Å². The van der Waals surface area contributed by atoms with Gasteiger partial charge in [-0.3, -0.25) is 4.79 Å². The highest BCUT2D eigenvalue weighted by atomic mass is 16.1. The van der Waals surface area contributed by atoms with E-state index in [1.165, 1.54) is 6.42 Å². The summed E-state index contributed by atoms with van der Waals surface area (Å²) in [7, 11) is 0. The van der Waals surface area contributed by atoms with Gasteiger partial charge in [-0.2, -0.15) is 0 Å². The van der Waals surface area contributed by atoms with E-state index < -0.39 is 0 Å². The fourth-order valence-electron chi connectivity index (χ4n) is 2.48. The number of anilines is 1. The van der Waals surface area contributed by atoms with Gasteiger partial charge in [-0.15, -0.1) is 0 Å². The zero-order valence-electron chi connectivity index (χ0n) is 13.1. The largest absolute Gasteiger partial charge is 0.399 e. The average molecular weight is 287 g/mol. The molecule has 1 amide bonds.